The molecule has 0 radical (unpaired) electrons. The summed E-state index contributed by atoms with van der Waals surface area (Å²) >= 11 is 0. The van der Waals surface area contributed by atoms with E-state index in [-0.39, 0.29) is 5.41 Å². The fraction of sp³-hybridized carbons (Fsp3) is 0.333. The third-order valence-electron chi connectivity index (χ3n) is 4.04. The van der Waals surface area contributed by atoms with E-state index in [9.17, 15) is 0 Å². The monoisotopic (exact) mass is 251 g/mol. The van der Waals surface area contributed by atoms with Gasteiger partial charge < -0.3 is 4.57 Å². The van der Waals surface area contributed by atoms with Crippen molar-refractivity contribution in [2.75, 3.05) is 0 Å². The van der Waals surface area contributed by atoms with E-state index in [1.54, 1.807) is 0 Å². The molecule has 0 saturated heterocycles. The Morgan fingerprint density at radius 1 is 0.895 bits per heavy atom. The summed E-state index contributed by atoms with van der Waals surface area (Å²) in [6.45, 7) is 9.13. The minimum Gasteiger partial charge on any atom is -0.344 e. The highest BCUT2D eigenvalue weighted by atomic mass is 14.9. The molecular formula is C18H21N. The van der Waals surface area contributed by atoms with E-state index in [2.05, 4.69) is 75.7 Å². The molecule has 0 spiro atoms. The summed E-state index contributed by atoms with van der Waals surface area (Å²) in [6, 6.07) is 13.2. The molecule has 0 bridgehead atoms. The van der Waals surface area contributed by atoms with E-state index >= 15 is 0 Å². The quantitative estimate of drug-likeness (QED) is 0.533. The molecule has 1 heteroatoms. The van der Waals surface area contributed by atoms with Crippen molar-refractivity contribution >= 4 is 21.8 Å². The van der Waals surface area contributed by atoms with Crippen molar-refractivity contribution in [3.05, 3.63) is 47.5 Å². The van der Waals surface area contributed by atoms with E-state index in [0.717, 1.165) is 0 Å². The maximum Gasteiger partial charge on any atom is 0.0491 e. The SMILES string of the molecule is Cc1ccc2c(c1C(C)(C)C)c1ccccc1n2C. The standard InChI is InChI=1S/C18H21N/c1-12-10-11-15-16(17(12)18(2,3)4)13-8-6-7-9-14(13)19(15)5/h6-11H,1-5H3. The Balaban J connectivity index is 2.62. The summed E-state index contributed by atoms with van der Waals surface area (Å²) < 4.78 is 2.30. The topological polar surface area (TPSA) is 4.93 Å². The zero-order valence-electron chi connectivity index (χ0n) is 12.4. The average Bonchev–Trinajstić information content (AvgIpc) is 2.62. The summed E-state index contributed by atoms with van der Waals surface area (Å²) in [6.07, 6.45) is 0. The molecule has 0 fully saturated rings. The van der Waals surface area contributed by atoms with Crippen LogP contribution in [0.4, 0.5) is 0 Å². The third-order valence-corrected chi connectivity index (χ3v) is 4.04. The third kappa shape index (κ3) is 1.68. The van der Waals surface area contributed by atoms with Gasteiger partial charge in [0.25, 0.3) is 0 Å². The highest BCUT2D eigenvalue weighted by Crippen LogP contribution is 2.38. The van der Waals surface area contributed by atoms with Crippen LogP contribution in [0.15, 0.2) is 36.4 Å². The van der Waals surface area contributed by atoms with Gasteiger partial charge in [-0.1, -0.05) is 45.0 Å². The van der Waals surface area contributed by atoms with Crippen LogP contribution in [0, 0.1) is 6.92 Å². The highest BCUT2D eigenvalue weighted by Gasteiger charge is 2.22. The van der Waals surface area contributed by atoms with Gasteiger partial charge in [-0.2, -0.15) is 0 Å². The van der Waals surface area contributed by atoms with Crippen LogP contribution < -0.4 is 0 Å². The second-order valence-corrected chi connectivity index (χ2v) is 6.48. The first-order valence-electron chi connectivity index (χ1n) is 6.88. The van der Waals surface area contributed by atoms with E-state index in [0.29, 0.717) is 0 Å². The number of para-hydroxylation sites is 1. The van der Waals surface area contributed by atoms with Crippen LogP contribution in [0.1, 0.15) is 31.9 Å². The molecule has 0 atom stereocenters. The normalized spacial score (nSPS) is 12.5. The number of benzene rings is 2. The summed E-state index contributed by atoms with van der Waals surface area (Å²) in [4.78, 5) is 0. The maximum absolute atomic E-state index is 2.30. The first-order valence-corrected chi connectivity index (χ1v) is 6.88. The fourth-order valence-electron chi connectivity index (χ4n) is 3.32. The maximum atomic E-state index is 2.30. The summed E-state index contributed by atoms with van der Waals surface area (Å²) in [5.74, 6) is 0. The molecule has 1 aromatic heterocycles. The van der Waals surface area contributed by atoms with E-state index in [1.165, 1.54) is 32.9 Å². The lowest BCUT2D eigenvalue weighted by Gasteiger charge is -2.23. The molecule has 3 aromatic rings. The molecule has 19 heavy (non-hydrogen) atoms. The molecule has 2 aromatic carbocycles. The first kappa shape index (κ1) is 12.3. The van der Waals surface area contributed by atoms with Crippen LogP contribution >= 0.6 is 0 Å². The average molecular weight is 251 g/mol. The number of rotatable bonds is 0. The van der Waals surface area contributed by atoms with Gasteiger partial charge in [-0.05, 0) is 35.6 Å². The van der Waals surface area contributed by atoms with Gasteiger partial charge in [-0.15, -0.1) is 0 Å². The number of fused-ring (bicyclic) bond motifs is 3. The Kier molecular flexibility index (Phi) is 2.50. The number of aryl methyl sites for hydroxylation is 2. The number of nitrogens with zero attached hydrogens (tertiary/aromatic N) is 1. The Morgan fingerprint density at radius 3 is 2.26 bits per heavy atom. The van der Waals surface area contributed by atoms with E-state index < -0.39 is 0 Å². The van der Waals surface area contributed by atoms with Gasteiger partial charge in [0.05, 0.1) is 0 Å². The molecule has 98 valence electrons. The predicted octanol–water partition coefficient (Wildman–Crippen LogP) is 4.94. The van der Waals surface area contributed by atoms with Gasteiger partial charge in [-0.3, -0.25) is 0 Å². The minimum absolute atomic E-state index is 0.160. The van der Waals surface area contributed by atoms with Crippen molar-refractivity contribution in [2.24, 2.45) is 7.05 Å². The van der Waals surface area contributed by atoms with Crippen LogP contribution in [0.5, 0.6) is 0 Å². The molecule has 1 heterocycles. The summed E-state index contributed by atoms with van der Waals surface area (Å²) in [5, 5.41) is 2.79. The number of hydrogen-bond acceptors (Lipinski definition) is 0. The van der Waals surface area contributed by atoms with Gasteiger partial charge in [0.15, 0.2) is 0 Å². The van der Waals surface area contributed by atoms with Gasteiger partial charge in [0.2, 0.25) is 0 Å². The molecule has 0 saturated carbocycles. The Bertz CT molecular complexity index is 770. The van der Waals surface area contributed by atoms with Gasteiger partial charge in [0, 0.05) is 28.9 Å². The van der Waals surface area contributed by atoms with Gasteiger partial charge in [0.1, 0.15) is 0 Å². The van der Waals surface area contributed by atoms with Crippen LogP contribution in [0.25, 0.3) is 21.8 Å². The minimum atomic E-state index is 0.160. The molecule has 0 unspecified atom stereocenters. The van der Waals surface area contributed by atoms with Crippen molar-refractivity contribution in [3.8, 4) is 0 Å². The predicted molar refractivity (Wildman–Crippen MR) is 83.9 cm³/mol. The van der Waals surface area contributed by atoms with Crippen molar-refractivity contribution in [1.82, 2.24) is 4.57 Å². The fourth-order valence-corrected chi connectivity index (χ4v) is 3.32. The van der Waals surface area contributed by atoms with Crippen LogP contribution in [-0.2, 0) is 12.5 Å². The zero-order valence-corrected chi connectivity index (χ0v) is 12.4. The number of aromatic nitrogens is 1. The first-order chi connectivity index (χ1) is 8.91. The second-order valence-electron chi connectivity index (χ2n) is 6.48. The van der Waals surface area contributed by atoms with Crippen molar-refractivity contribution in [2.45, 2.75) is 33.1 Å². The number of hydrogen-bond donors (Lipinski definition) is 0. The van der Waals surface area contributed by atoms with Gasteiger partial charge in [-0.25, -0.2) is 0 Å². The molecule has 0 aliphatic carbocycles. The van der Waals surface area contributed by atoms with E-state index in [4.69, 9.17) is 0 Å². The van der Waals surface area contributed by atoms with Crippen LogP contribution in [-0.4, -0.2) is 4.57 Å². The molecule has 1 nitrogen and oxygen atoms in total. The lowest BCUT2D eigenvalue weighted by atomic mass is 9.81. The molecule has 0 aliphatic rings. The molecule has 0 amide bonds. The van der Waals surface area contributed by atoms with Crippen LogP contribution in [0.2, 0.25) is 0 Å². The lowest BCUT2D eigenvalue weighted by molar-refractivity contribution is 0.592. The molecular weight excluding hydrogens is 230 g/mol. The van der Waals surface area contributed by atoms with Crippen molar-refractivity contribution < 1.29 is 0 Å². The largest absolute Gasteiger partial charge is 0.344 e. The summed E-state index contributed by atoms with van der Waals surface area (Å²) in [7, 11) is 2.16. The van der Waals surface area contributed by atoms with Crippen molar-refractivity contribution in [3.63, 3.8) is 0 Å². The Labute approximate surface area is 114 Å². The smallest absolute Gasteiger partial charge is 0.0491 e. The van der Waals surface area contributed by atoms with Gasteiger partial charge >= 0.3 is 0 Å². The summed E-state index contributed by atoms with van der Waals surface area (Å²) in [5.41, 5.74) is 5.66. The molecule has 3 rings (SSSR count). The highest BCUT2D eigenvalue weighted by molar-refractivity contribution is 6.10. The lowest BCUT2D eigenvalue weighted by Crippen LogP contribution is -2.13. The molecule has 0 aliphatic heterocycles. The molecule has 0 N–H and O–H groups in total. The van der Waals surface area contributed by atoms with Crippen LogP contribution in [0.3, 0.4) is 0 Å². The van der Waals surface area contributed by atoms with Crippen molar-refractivity contribution in [1.29, 1.82) is 0 Å². The van der Waals surface area contributed by atoms with E-state index in [1.807, 2.05) is 0 Å². The zero-order chi connectivity index (χ0) is 13.8. The Hall–Kier alpha value is -1.76. The second kappa shape index (κ2) is 3.86. The Morgan fingerprint density at radius 2 is 1.58 bits per heavy atom.